The van der Waals surface area contributed by atoms with Gasteiger partial charge in [0.15, 0.2) is 22.9 Å². The monoisotopic (exact) mass is 372 g/mol. The number of ether oxygens (including phenoxy) is 5. The lowest BCUT2D eigenvalue weighted by molar-refractivity contribution is -0.130. The van der Waals surface area contributed by atoms with Crippen molar-refractivity contribution in [3.63, 3.8) is 0 Å². The molecule has 1 aromatic carbocycles. The summed E-state index contributed by atoms with van der Waals surface area (Å²) in [7, 11) is 6.24. The van der Waals surface area contributed by atoms with Crippen molar-refractivity contribution in [1.82, 2.24) is 0 Å². The molecule has 2 aliphatic rings. The van der Waals surface area contributed by atoms with Crippen LogP contribution in [-0.4, -0.2) is 39.8 Å². The normalized spacial score (nSPS) is 23.7. The van der Waals surface area contributed by atoms with Gasteiger partial charge in [0.2, 0.25) is 5.75 Å². The van der Waals surface area contributed by atoms with Gasteiger partial charge in [-0.05, 0) is 23.8 Å². The number of fused-ring (bicyclic) bond motifs is 1. The van der Waals surface area contributed by atoms with Crippen molar-refractivity contribution in [2.24, 2.45) is 0 Å². The Balaban J connectivity index is 1.97. The van der Waals surface area contributed by atoms with Crippen molar-refractivity contribution in [2.45, 2.75) is 24.5 Å². The summed E-state index contributed by atoms with van der Waals surface area (Å²) >= 11 is 0. The zero-order chi connectivity index (χ0) is 19.6. The molecule has 3 rings (SSSR count). The smallest absolute Gasteiger partial charge is 0.203 e. The van der Waals surface area contributed by atoms with Gasteiger partial charge in [-0.1, -0.05) is 6.08 Å². The van der Waals surface area contributed by atoms with Gasteiger partial charge in [0.05, 0.1) is 21.3 Å². The van der Waals surface area contributed by atoms with Crippen LogP contribution in [0.15, 0.2) is 48.3 Å². The zero-order valence-corrected chi connectivity index (χ0v) is 16.0. The van der Waals surface area contributed by atoms with Crippen LogP contribution < -0.4 is 14.2 Å². The van der Waals surface area contributed by atoms with Crippen molar-refractivity contribution in [3.8, 4) is 17.2 Å². The number of benzene rings is 1. The Morgan fingerprint density at radius 2 is 1.85 bits per heavy atom. The highest BCUT2D eigenvalue weighted by Gasteiger charge is 2.42. The second-order valence-corrected chi connectivity index (χ2v) is 6.40. The van der Waals surface area contributed by atoms with E-state index in [1.54, 1.807) is 27.4 Å². The van der Waals surface area contributed by atoms with Gasteiger partial charge in [-0.25, -0.2) is 0 Å². The average molecular weight is 372 g/mol. The maximum atomic E-state index is 12.6. The topological polar surface area (TPSA) is 63.2 Å². The molecule has 1 saturated heterocycles. The molecule has 6 heteroatoms. The Kier molecular flexibility index (Phi) is 5.28. The number of allylic oxidation sites excluding steroid dienone is 1. The summed E-state index contributed by atoms with van der Waals surface area (Å²) in [6.45, 7) is 3.73. The highest BCUT2D eigenvalue weighted by atomic mass is 16.5. The largest absolute Gasteiger partial charge is 0.493 e. The molecule has 0 N–H and O–H groups in total. The van der Waals surface area contributed by atoms with Crippen LogP contribution in [0.5, 0.6) is 17.2 Å². The van der Waals surface area contributed by atoms with Crippen molar-refractivity contribution in [3.05, 3.63) is 53.8 Å². The van der Waals surface area contributed by atoms with E-state index in [9.17, 15) is 4.79 Å². The zero-order valence-electron chi connectivity index (χ0n) is 16.0. The first-order valence-electron chi connectivity index (χ1n) is 8.62. The van der Waals surface area contributed by atoms with Gasteiger partial charge >= 0.3 is 0 Å². The number of hydrogen-bond donors (Lipinski definition) is 0. The van der Waals surface area contributed by atoms with Gasteiger partial charge in [-0.2, -0.15) is 0 Å². The second-order valence-electron chi connectivity index (χ2n) is 6.40. The first kappa shape index (κ1) is 19.0. The van der Waals surface area contributed by atoms with E-state index in [4.69, 9.17) is 23.7 Å². The summed E-state index contributed by atoms with van der Waals surface area (Å²) in [5.41, 5.74) is 0.811. The molecule has 0 radical (unpaired) electrons. The van der Waals surface area contributed by atoms with Crippen LogP contribution in [0.4, 0.5) is 0 Å². The van der Waals surface area contributed by atoms with Crippen molar-refractivity contribution in [1.29, 1.82) is 0 Å². The molecular weight excluding hydrogens is 348 g/mol. The van der Waals surface area contributed by atoms with Gasteiger partial charge < -0.3 is 23.7 Å². The predicted molar refractivity (Wildman–Crippen MR) is 100 cm³/mol. The van der Waals surface area contributed by atoms with Gasteiger partial charge in [-0.3, -0.25) is 4.79 Å². The van der Waals surface area contributed by atoms with E-state index in [-0.39, 0.29) is 11.9 Å². The fraction of sp³-hybridized carbons (Fsp3) is 0.381. The molecule has 0 bridgehead atoms. The first-order valence-corrected chi connectivity index (χ1v) is 8.62. The molecule has 0 unspecified atom stereocenters. The molecule has 0 amide bonds. The van der Waals surface area contributed by atoms with Gasteiger partial charge in [0, 0.05) is 31.6 Å². The number of carbonyl (C=O) groups is 1. The minimum atomic E-state index is -1.01. The van der Waals surface area contributed by atoms with Crippen LogP contribution in [0.25, 0.3) is 0 Å². The van der Waals surface area contributed by atoms with Gasteiger partial charge in [-0.15, -0.1) is 6.58 Å². The highest BCUT2D eigenvalue weighted by Crippen LogP contribution is 2.47. The minimum Gasteiger partial charge on any atom is -0.493 e. The Hall–Kier alpha value is -2.73. The van der Waals surface area contributed by atoms with E-state index in [2.05, 4.69) is 6.58 Å². The third-order valence-corrected chi connectivity index (χ3v) is 4.95. The molecule has 1 fully saturated rings. The molecule has 1 aliphatic carbocycles. The maximum Gasteiger partial charge on any atom is 0.203 e. The lowest BCUT2D eigenvalue weighted by Gasteiger charge is -2.28. The molecule has 6 nitrogen and oxygen atoms in total. The third-order valence-electron chi connectivity index (χ3n) is 4.95. The Morgan fingerprint density at radius 1 is 1.19 bits per heavy atom. The number of hydrogen-bond acceptors (Lipinski definition) is 6. The molecule has 1 heterocycles. The Bertz CT molecular complexity index is 797. The van der Waals surface area contributed by atoms with E-state index in [0.717, 1.165) is 11.1 Å². The van der Waals surface area contributed by atoms with Crippen LogP contribution in [0, 0.1) is 0 Å². The molecule has 27 heavy (non-hydrogen) atoms. The molecule has 1 aromatic rings. The standard InChI is InChI=1S/C21H24O6/c1-6-7-21(26-5)12-14-10-15(27-16(14)11-19(21)22)13-8-17(23-2)20(25-4)18(9-13)24-3/h6,8-9,11-12,15H,1,7,10H2,2-5H3/t15-,21-/m0/s1. The number of rotatable bonds is 7. The lowest BCUT2D eigenvalue weighted by Crippen LogP contribution is -2.39. The Morgan fingerprint density at radius 3 is 2.37 bits per heavy atom. The summed E-state index contributed by atoms with van der Waals surface area (Å²) < 4.78 is 27.8. The molecule has 1 aliphatic heterocycles. The van der Waals surface area contributed by atoms with E-state index in [1.165, 1.54) is 13.2 Å². The van der Waals surface area contributed by atoms with E-state index < -0.39 is 5.60 Å². The number of ketones is 1. The maximum absolute atomic E-state index is 12.6. The van der Waals surface area contributed by atoms with Crippen molar-refractivity contribution in [2.75, 3.05) is 28.4 Å². The minimum absolute atomic E-state index is 0.144. The van der Waals surface area contributed by atoms with E-state index in [1.807, 2.05) is 18.2 Å². The van der Waals surface area contributed by atoms with Gasteiger partial charge in [0.1, 0.15) is 11.9 Å². The first-order chi connectivity index (χ1) is 13.0. The van der Waals surface area contributed by atoms with E-state index in [0.29, 0.717) is 35.8 Å². The van der Waals surface area contributed by atoms with Crippen molar-refractivity contribution < 1.29 is 28.5 Å². The molecule has 0 aromatic heterocycles. The summed E-state index contributed by atoms with van der Waals surface area (Å²) in [6.07, 6.45) is 5.80. The second kappa shape index (κ2) is 7.48. The summed E-state index contributed by atoms with van der Waals surface area (Å²) in [5.74, 6) is 2.08. The molecule has 0 saturated carbocycles. The molecular formula is C21H24O6. The lowest BCUT2D eigenvalue weighted by atomic mass is 9.85. The van der Waals surface area contributed by atoms with Crippen LogP contribution in [0.2, 0.25) is 0 Å². The summed E-state index contributed by atoms with van der Waals surface area (Å²) in [6, 6.07) is 3.72. The summed E-state index contributed by atoms with van der Waals surface area (Å²) in [4.78, 5) is 12.6. The molecule has 0 spiro atoms. The SMILES string of the molecule is C=CC[C@]1(OC)C=C2C[C@@H](c3cc(OC)c(OC)c(OC)c3)OC2=CC1=O. The Labute approximate surface area is 159 Å². The number of carbonyl (C=O) groups excluding carboxylic acids is 1. The predicted octanol–water partition coefficient (Wildman–Crippen LogP) is 3.53. The van der Waals surface area contributed by atoms with Crippen LogP contribution >= 0.6 is 0 Å². The molecule has 144 valence electrons. The van der Waals surface area contributed by atoms with Gasteiger partial charge in [0.25, 0.3) is 0 Å². The average Bonchev–Trinajstić information content (AvgIpc) is 3.09. The van der Waals surface area contributed by atoms with Crippen LogP contribution in [0.1, 0.15) is 24.5 Å². The quantitative estimate of drug-likeness (QED) is 0.683. The van der Waals surface area contributed by atoms with Crippen LogP contribution in [0.3, 0.4) is 0 Å². The fourth-order valence-electron chi connectivity index (χ4n) is 3.51. The molecule has 2 atom stereocenters. The highest BCUT2D eigenvalue weighted by molar-refractivity contribution is 6.01. The fourth-order valence-corrected chi connectivity index (χ4v) is 3.51. The van der Waals surface area contributed by atoms with E-state index >= 15 is 0 Å². The third kappa shape index (κ3) is 3.21. The number of methoxy groups -OCH3 is 4. The van der Waals surface area contributed by atoms with Crippen LogP contribution in [-0.2, 0) is 14.3 Å². The van der Waals surface area contributed by atoms with Crippen molar-refractivity contribution >= 4 is 5.78 Å². The summed E-state index contributed by atoms with van der Waals surface area (Å²) in [5, 5.41) is 0.